The summed E-state index contributed by atoms with van der Waals surface area (Å²) >= 11 is 0. The first-order valence-corrected chi connectivity index (χ1v) is 3.83. The van der Waals surface area contributed by atoms with Crippen LogP contribution in [0.3, 0.4) is 0 Å². The van der Waals surface area contributed by atoms with Crippen LogP contribution < -0.4 is 5.90 Å². The summed E-state index contributed by atoms with van der Waals surface area (Å²) < 4.78 is 12.7. The van der Waals surface area contributed by atoms with Gasteiger partial charge >= 0.3 is 0 Å². The highest BCUT2D eigenvalue weighted by atomic mass is 19.1. The summed E-state index contributed by atoms with van der Waals surface area (Å²) in [6, 6.07) is 3.99. The van der Waals surface area contributed by atoms with Crippen LogP contribution in [0.4, 0.5) is 4.39 Å². The molecule has 0 spiro atoms. The van der Waals surface area contributed by atoms with Crippen molar-refractivity contribution in [2.45, 2.75) is 6.42 Å². The number of nitrogens with two attached hydrogens (primary N) is 1. The molecule has 0 saturated heterocycles. The maximum Gasteiger partial charge on any atom is 0.150 e. The molecule has 0 radical (unpaired) electrons. The molecule has 0 saturated carbocycles. The Morgan fingerprint density at radius 2 is 2.31 bits per heavy atom. The highest BCUT2D eigenvalue weighted by Crippen LogP contribution is 2.09. The normalized spacial score (nSPS) is 10.0. The molecule has 0 aliphatic rings. The molecule has 0 atom stereocenters. The highest BCUT2D eigenvalue weighted by molar-refractivity contribution is 5.77. The molecule has 0 unspecified atom stereocenters. The van der Waals surface area contributed by atoms with E-state index in [2.05, 4.69) is 4.84 Å². The van der Waals surface area contributed by atoms with Gasteiger partial charge in [-0.3, -0.25) is 4.79 Å². The standard InChI is InChI=1S/C9H10FNO2/c10-9-2-1-8(6-12)7(5-9)3-4-13-11/h1-2,5-6H,3-4,11H2. The van der Waals surface area contributed by atoms with Crippen molar-refractivity contribution >= 4 is 6.29 Å². The van der Waals surface area contributed by atoms with Crippen molar-refractivity contribution in [2.75, 3.05) is 6.61 Å². The van der Waals surface area contributed by atoms with E-state index in [1.54, 1.807) is 0 Å². The van der Waals surface area contributed by atoms with Crippen LogP contribution in [-0.4, -0.2) is 12.9 Å². The molecule has 2 N–H and O–H groups in total. The van der Waals surface area contributed by atoms with Gasteiger partial charge < -0.3 is 4.84 Å². The van der Waals surface area contributed by atoms with E-state index in [0.29, 0.717) is 23.8 Å². The van der Waals surface area contributed by atoms with Gasteiger partial charge in [0.1, 0.15) is 12.1 Å². The van der Waals surface area contributed by atoms with Gasteiger partial charge in [-0.2, -0.15) is 0 Å². The van der Waals surface area contributed by atoms with Gasteiger partial charge in [-0.15, -0.1) is 0 Å². The van der Waals surface area contributed by atoms with Crippen LogP contribution >= 0.6 is 0 Å². The van der Waals surface area contributed by atoms with Crippen LogP contribution in [0.1, 0.15) is 15.9 Å². The lowest BCUT2D eigenvalue weighted by Gasteiger charge is -2.03. The fourth-order valence-electron chi connectivity index (χ4n) is 1.07. The molecule has 0 heterocycles. The lowest BCUT2D eigenvalue weighted by atomic mass is 10.1. The van der Waals surface area contributed by atoms with Crippen LogP contribution in [0.2, 0.25) is 0 Å². The van der Waals surface area contributed by atoms with E-state index in [-0.39, 0.29) is 12.4 Å². The molecule has 0 aromatic heterocycles. The summed E-state index contributed by atoms with van der Waals surface area (Å²) in [5, 5.41) is 0. The van der Waals surface area contributed by atoms with Crippen LogP contribution in [0.15, 0.2) is 18.2 Å². The molecule has 0 aliphatic heterocycles. The van der Waals surface area contributed by atoms with Crippen molar-refractivity contribution in [1.29, 1.82) is 0 Å². The van der Waals surface area contributed by atoms with E-state index in [4.69, 9.17) is 5.90 Å². The molecule has 0 amide bonds. The summed E-state index contributed by atoms with van der Waals surface area (Å²) in [5.74, 6) is 4.46. The molecule has 0 bridgehead atoms. The highest BCUT2D eigenvalue weighted by Gasteiger charge is 2.02. The minimum absolute atomic E-state index is 0.268. The summed E-state index contributed by atoms with van der Waals surface area (Å²) in [6.45, 7) is 0.268. The van der Waals surface area contributed by atoms with Gasteiger partial charge in [-0.25, -0.2) is 10.3 Å². The van der Waals surface area contributed by atoms with Gasteiger partial charge in [-0.1, -0.05) is 0 Å². The molecule has 70 valence electrons. The number of halogens is 1. The average Bonchev–Trinajstić information content (AvgIpc) is 2.15. The third-order valence-corrected chi connectivity index (χ3v) is 1.72. The topological polar surface area (TPSA) is 52.3 Å². The second-order valence-corrected chi connectivity index (χ2v) is 2.58. The Hall–Kier alpha value is -1.26. The summed E-state index contributed by atoms with van der Waals surface area (Å²) in [6.07, 6.45) is 1.12. The first kappa shape index (κ1) is 9.83. The maximum absolute atomic E-state index is 12.7. The SMILES string of the molecule is NOCCc1cc(F)ccc1C=O. The summed E-state index contributed by atoms with van der Waals surface area (Å²) in [7, 11) is 0. The zero-order chi connectivity index (χ0) is 9.68. The van der Waals surface area contributed by atoms with Crippen molar-refractivity contribution in [3.8, 4) is 0 Å². The monoisotopic (exact) mass is 183 g/mol. The lowest BCUT2D eigenvalue weighted by molar-refractivity contribution is 0.112. The van der Waals surface area contributed by atoms with Gasteiger partial charge in [0, 0.05) is 5.56 Å². The van der Waals surface area contributed by atoms with Gasteiger partial charge in [0.2, 0.25) is 0 Å². The van der Waals surface area contributed by atoms with E-state index in [9.17, 15) is 9.18 Å². The molecule has 1 aromatic carbocycles. The summed E-state index contributed by atoms with van der Waals surface area (Å²) in [5.41, 5.74) is 1.08. The zero-order valence-electron chi connectivity index (χ0n) is 7.00. The van der Waals surface area contributed by atoms with Gasteiger partial charge in [0.15, 0.2) is 0 Å². The Labute approximate surface area is 75.3 Å². The van der Waals surface area contributed by atoms with E-state index < -0.39 is 0 Å². The zero-order valence-corrected chi connectivity index (χ0v) is 7.00. The molecule has 0 fully saturated rings. The number of hydrogen-bond acceptors (Lipinski definition) is 3. The Kier molecular flexibility index (Phi) is 3.54. The van der Waals surface area contributed by atoms with Crippen molar-refractivity contribution in [1.82, 2.24) is 0 Å². The molecule has 13 heavy (non-hydrogen) atoms. The van der Waals surface area contributed by atoms with Crippen LogP contribution in [-0.2, 0) is 11.3 Å². The number of aldehydes is 1. The second-order valence-electron chi connectivity index (χ2n) is 2.58. The molecule has 3 nitrogen and oxygen atoms in total. The van der Waals surface area contributed by atoms with Crippen molar-refractivity contribution < 1.29 is 14.0 Å². The largest absolute Gasteiger partial charge is 0.304 e. The molecule has 0 aliphatic carbocycles. The molecule has 4 heteroatoms. The fourth-order valence-corrected chi connectivity index (χ4v) is 1.07. The van der Waals surface area contributed by atoms with Gasteiger partial charge in [0.25, 0.3) is 0 Å². The Morgan fingerprint density at radius 3 is 2.92 bits per heavy atom. The van der Waals surface area contributed by atoms with Crippen molar-refractivity contribution in [3.63, 3.8) is 0 Å². The molecule has 1 aromatic rings. The predicted molar refractivity (Wildman–Crippen MR) is 45.6 cm³/mol. The smallest absolute Gasteiger partial charge is 0.150 e. The Morgan fingerprint density at radius 1 is 1.54 bits per heavy atom. The fraction of sp³-hybridized carbons (Fsp3) is 0.222. The average molecular weight is 183 g/mol. The van der Waals surface area contributed by atoms with E-state index in [1.165, 1.54) is 18.2 Å². The first-order chi connectivity index (χ1) is 6.27. The minimum Gasteiger partial charge on any atom is -0.304 e. The first-order valence-electron chi connectivity index (χ1n) is 3.83. The Balaban J connectivity index is 2.87. The quantitative estimate of drug-likeness (QED) is 0.561. The third kappa shape index (κ3) is 2.61. The van der Waals surface area contributed by atoms with Gasteiger partial charge in [-0.05, 0) is 30.2 Å². The molecular formula is C9H10FNO2. The maximum atomic E-state index is 12.7. The van der Waals surface area contributed by atoms with Crippen LogP contribution in [0.5, 0.6) is 0 Å². The number of benzene rings is 1. The van der Waals surface area contributed by atoms with Crippen LogP contribution in [0, 0.1) is 5.82 Å². The Bertz CT molecular complexity index is 302. The lowest BCUT2D eigenvalue weighted by Crippen LogP contribution is -2.05. The van der Waals surface area contributed by atoms with Gasteiger partial charge in [0.05, 0.1) is 6.61 Å². The number of hydrogen-bond donors (Lipinski definition) is 1. The van der Waals surface area contributed by atoms with E-state index in [0.717, 1.165) is 0 Å². The third-order valence-electron chi connectivity index (χ3n) is 1.72. The van der Waals surface area contributed by atoms with E-state index in [1.807, 2.05) is 0 Å². The number of carbonyl (C=O) groups excluding carboxylic acids is 1. The van der Waals surface area contributed by atoms with Crippen LogP contribution in [0.25, 0.3) is 0 Å². The minimum atomic E-state index is -0.363. The predicted octanol–water partition coefficient (Wildman–Crippen LogP) is 1.07. The van der Waals surface area contributed by atoms with E-state index >= 15 is 0 Å². The molecular weight excluding hydrogens is 173 g/mol. The number of carbonyl (C=O) groups is 1. The van der Waals surface area contributed by atoms with Crippen molar-refractivity contribution in [2.24, 2.45) is 5.90 Å². The van der Waals surface area contributed by atoms with Crippen molar-refractivity contribution in [3.05, 3.63) is 35.1 Å². The summed E-state index contributed by atoms with van der Waals surface area (Å²) in [4.78, 5) is 14.9. The second kappa shape index (κ2) is 4.69. The molecule has 1 rings (SSSR count). The number of rotatable bonds is 4.